The maximum absolute atomic E-state index is 12.3. The quantitative estimate of drug-likeness (QED) is 0.798. The highest BCUT2D eigenvalue weighted by Gasteiger charge is 2.28. The zero-order valence-electron chi connectivity index (χ0n) is 12.7. The first-order valence-electron chi connectivity index (χ1n) is 7.16. The van der Waals surface area contributed by atoms with Gasteiger partial charge in [0.15, 0.2) is 0 Å². The van der Waals surface area contributed by atoms with E-state index in [-0.39, 0.29) is 22.5 Å². The Labute approximate surface area is 148 Å². The highest BCUT2D eigenvalue weighted by molar-refractivity contribution is 7.89. The van der Waals surface area contributed by atoms with Crippen LogP contribution in [0.5, 0.6) is 5.75 Å². The van der Waals surface area contributed by atoms with E-state index in [0.717, 1.165) is 24.2 Å². The van der Waals surface area contributed by atoms with Gasteiger partial charge >= 0.3 is 0 Å². The third kappa shape index (κ3) is 3.89. The first-order valence-corrected chi connectivity index (χ1v) is 9.84. The van der Waals surface area contributed by atoms with Gasteiger partial charge < -0.3 is 10.1 Å². The van der Waals surface area contributed by atoms with E-state index in [9.17, 15) is 13.2 Å². The molecule has 0 aliphatic heterocycles. The number of rotatable bonds is 6. The van der Waals surface area contributed by atoms with Crippen molar-refractivity contribution in [2.24, 2.45) is 0 Å². The lowest BCUT2D eigenvalue weighted by Crippen LogP contribution is -2.25. The van der Waals surface area contributed by atoms with Crippen LogP contribution in [0.25, 0.3) is 0 Å². The lowest BCUT2D eigenvalue weighted by molar-refractivity contribution is 0.103. The highest BCUT2D eigenvalue weighted by atomic mass is 35.5. The summed E-state index contributed by atoms with van der Waals surface area (Å²) in [6, 6.07) is 7.57. The summed E-state index contributed by atoms with van der Waals surface area (Å²) in [7, 11) is -2.17. The summed E-state index contributed by atoms with van der Waals surface area (Å²) in [4.78, 5) is 12.8. The first kappa shape index (κ1) is 17.2. The molecule has 1 heterocycles. The van der Waals surface area contributed by atoms with E-state index in [1.54, 1.807) is 12.1 Å². The van der Waals surface area contributed by atoms with Crippen LogP contribution in [0.15, 0.2) is 35.2 Å². The summed E-state index contributed by atoms with van der Waals surface area (Å²) in [5, 5.41) is 2.67. The molecule has 0 spiro atoms. The minimum absolute atomic E-state index is 0.00315. The Morgan fingerprint density at radius 1 is 1.29 bits per heavy atom. The van der Waals surface area contributed by atoms with E-state index in [1.807, 2.05) is 0 Å². The number of methoxy groups -OCH3 is 1. The van der Waals surface area contributed by atoms with Crippen LogP contribution in [0.2, 0.25) is 4.34 Å². The van der Waals surface area contributed by atoms with Crippen LogP contribution in [-0.2, 0) is 10.0 Å². The van der Waals surface area contributed by atoms with E-state index in [1.165, 1.54) is 25.3 Å². The smallest absolute Gasteiger partial charge is 0.265 e. The highest BCUT2D eigenvalue weighted by Crippen LogP contribution is 2.30. The number of anilines is 1. The molecule has 1 saturated carbocycles. The first-order chi connectivity index (χ1) is 11.4. The number of thiophene rings is 1. The number of hydrogen-bond donors (Lipinski definition) is 2. The molecular weight excluding hydrogens is 372 g/mol. The number of benzene rings is 1. The molecule has 9 heteroatoms. The van der Waals surface area contributed by atoms with Crippen LogP contribution in [-0.4, -0.2) is 27.5 Å². The second-order valence-electron chi connectivity index (χ2n) is 5.32. The zero-order valence-corrected chi connectivity index (χ0v) is 15.1. The molecular formula is C15H15ClN2O4S2. The minimum atomic E-state index is -3.62. The Bertz CT molecular complexity index is 875. The van der Waals surface area contributed by atoms with Gasteiger partial charge in [-0.05, 0) is 43.2 Å². The molecule has 1 aromatic carbocycles. The Kier molecular flexibility index (Phi) is 4.82. The summed E-state index contributed by atoms with van der Waals surface area (Å²) >= 11 is 6.97. The summed E-state index contributed by atoms with van der Waals surface area (Å²) in [5.74, 6) is -0.00808. The standard InChI is InChI=1S/C15H15ClN2O4S2/c1-22-12-5-4-10(24(20,21)18-9-2-3-9)8-11(12)17-15(19)13-6-7-14(16)23-13/h4-9,18H,2-3H2,1H3,(H,17,19). The normalized spacial score (nSPS) is 14.4. The molecule has 3 rings (SSSR count). The molecule has 0 unspecified atom stereocenters. The van der Waals surface area contributed by atoms with Gasteiger partial charge in [-0.1, -0.05) is 11.6 Å². The molecule has 128 valence electrons. The van der Waals surface area contributed by atoms with Gasteiger partial charge in [0.2, 0.25) is 10.0 Å². The fourth-order valence-electron chi connectivity index (χ4n) is 2.06. The number of amides is 1. The Morgan fingerprint density at radius 3 is 2.62 bits per heavy atom. The Hall–Kier alpha value is -1.61. The van der Waals surface area contributed by atoms with Crippen molar-refractivity contribution in [1.29, 1.82) is 0 Å². The van der Waals surface area contributed by atoms with Crippen molar-refractivity contribution in [3.8, 4) is 5.75 Å². The predicted octanol–water partition coefficient (Wildman–Crippen LogP) is 3.10. The van der Waals surface area contributed by atoms with Gasteiger partial charge in [0, 0.05) is 6.04 Å². The molecule has 0 saturated heterocycles. The van der Waals surface area contributed by atoms with E-state index < -0.39 is 10.0 Å². The second-order valence-corrected chi connectivity index (χ2v) is 8.74. The molecule has 2 aromatic rings. The van der Waals surface area contributed by atoms with Crippen molar-refractivity contribution in [3.05, 3.63) is 39.5 Å². The van der Waals surface area contributed by atoms with Gasteiger partial charge in [0.05, 0.1) is 26.9 Å². The molecule has 0 bridgehead atoms. The van der Waals surface area contributed by atoms with Crippen molar-refractivity contribution >= 4 is 44.6 Å². The number of carbonyl (C=O) groups excluding carboxylic acids is 1. The fourth-order valence-corrected chi connectivity index (χ4v) is 4.33. The maximum Gasteiger partial charge on any atom is 0.265 e. The number of nitrogens with one attached hydrogen (secondary N) is 2. The van der Waals surface area contributed by atoms with Gasteiger partial charge in [-0.2, -0.15) is 0 Å². The van der Waals surface area contributed by atoms with Crippen LogP contribution >= 0.6 is 22.9 Å². The topological polar surface area (TPSA) is 84.5 Å². The molecule has 0 radical (unpaired) electrons. The van der Waals surface area contributed by atoms with Crippen LogP contribution < -0.4 is 14.8 Å². The van der Waals surface area contributed by atoms with E-state index in [2.05, 4.69) is 10.0 Å². The van der Waals surface area contributed by atoms with Crippen LogP contribution in [0.4, 0.5) is 5.69 Å². The maximum atomic E-state index is 12.3. The molecule has 1 amide bonds. The summed E-state index contributed by atoms with van der Waals surface area (Å²) < 4.78 is 32.9. The van der Waals surface area contributed by atoms with Crippen molar-refractivity contribution in [3.63, 3.8) is 0 Å². The predicted molar refractivity (Wildman–Crippen MR) is 93.6 cm³/mol. The van der Waals surface area contributed by atoms with Crippen LogP contribution in [0.3, 0.4) is 0 Å². The third-order valence-corrected chi connectivity index (χ3v) is 6.17. The Balaban J connectivity index is 1.87. The third-order valence-electron chi connectivity index (χ3n) is 3.43. The summed E-state index contributed by atoms with van der Waals surface area (Å²) in [6.07, 6.45) is 1.69. The molecule has 2 N–H and O–H groups in total. The Morgan fingerprint density at radius 2 is 2.04 bits per heavy atom. The van der Waals surface area contributed by atoms with Gasteiger partial charge in [-0.15, -0.1) is 11.3 Å². The van der Waals surface area contributed by atoms with Crippen molar-refractivity contribution in [2.45, 2.75) is 23.8 Å². The van der Waals surface area contributed by atoms with Crippen LogP contribution in [0, 0.1) is 0 Å². The summed E-state index contributed by atoms with van der Waals surface area (Å²) in [5.41, 5.74) is 0.283. The molecule has 1 aromatic heterocycles. The monoisotopic (exact) mass is 386 g/mol. The number of halogens is 1. The van der Waals surface area contributed by atoms with E-state index in [4.69, 9.17) is 16.3 Å². The van der Waals surface area contributed by atoms with Crippen LogP contribution in [0.1, 0.15) is 22.5 Å². The van der Waals surface area contributed by atoms with Gasteiger partial charge in [-0.25, -0.2) is 13.1 Å². The van der Waals surface area contributed by atoms with Crippen molar-refractivity contribution < 1.29 is 17.9 Å². The average Bonchev–Trinajstić information content (AvgIpc) is 3.23. The molecule has 1 fully saturated rings. The van der Waals surface area contributed by atoms with Crippen molar-refractivity contribution in [2.75, 3.05) is 12.4 Å². The lowest BCUT2D eigenvalue weighted by Gasteiger charge is -2.12. The summed E-state index contributed by atoms with van der Waals surface area (Å²) in [6.45, 7) is 0. The van der Waals surface area contributed by atoms with Gasteiger partial charge in [0.25, 0.3) is 5.91 Å². The van der Waals surface area contributed by atoms with E-state index in [0.29, 0.717) is 15.0 Å². The zero-order chi connectivity index (χ0) is 17.3. The minimum Gasteiger partial charge on any atom is -0.495 e. The average molecular weight is 387 g/mol. The molecule has 0 atom stereocenters. The fraction of sp³-hybridized carbons (Fsp3) is 0.267. The second kappa shape index (κ2) is 6.72. The number of carbonyl (C=O) groups is 1. The van der Waals surface area contributed by atoms with Gasteiger partial charge in [0.1, 0.15) is 5.75 Å². The number of hydrogen-bond acceptors (Lipinski definition) is 5. The lowest BCUT2D eigenvalue weighted by atomic mass is 10.3. The number of ether oxygens (including phenoxy) is 1. The SMILES string of the molecule is COc1ccc(S(=O)(=O)NC2CC2)cc1NC(=O)c1ccc(Cl)s1. The molecule has 24 heavy (non-hydrogen) atoms. The van der Waals surface area contributed by atoms with E-state index >= 15 is 0 Å². The molecule has 6 nitrogen and oxygen atoms in total. The number of sulfonamides is 1. The van der Waals surface area contributed by atoms with Gasteiger partial charge in [-0.3, -0.25) is 4.79 Å². The molecule has 1 aliphatic carbocycles. The molecule has 1 aliphatic rings. The largest absolute Gasteiger partial charge is 0.495 e. The van der Waals surface area contributed by atoms with Crippen molar-refractivity contribution in [1.82, 2.24) is 4.72 Å².